The number of unbranched alkanes of at least 4 members (excludes halogenated alkanes) is 1. The Bertz CT molecular complexity index is 471. The van der Waals surface area contributed by atoms with Crippen LogP contribution in [0, 0.1) is 0 Å². The third kappa shape index (κ3) is 20.9. The second kappa shape index (κ2) is 23.7. The van der Waals surface area contributed by atoms with Crippen LogP contribution in [0.25, 0.3) is 0 Å². The Hall–Kier alpha value is -1.36. The van der Waals surface area contributed by atoms with Gasteiger partial charge in [0.05, 0.1) is 12.8 Å². The smallest absolute Gasteiger partial charge is 0.316 e. The zero-order valence-electron chi connectivity index (χ0n) is 18.9. The third-order valence-corrected chi connectivity index (χ3v) is 5.11. The van der Waals surface area contributed by atoms with E-state index in [1.165, 1.54) is 0 Å². The summed E-state index contributed by atoms with van der Waals surface area (Å²) >= 11 is 0. The normalized spacial score (nSPS) is 11.3. The Morgan fingerprint density at radius 3 is 2.11 bits per heavy atom. The highest BCUT2D eigenvalue weighted by Gasteiger charge is 2.24. The maximum absolute atomic E-state index is 12.6. The van der Waals surface area contributed by atoms with Gasteiger partial charge in [0.15, 0.2) is 0 Å². The summed E-state index contributed by atoms with van der Waals surface area (Å²) in [5.41, 5.74) is 5.46. The van der Waals surface area contributed by atoms with Gasteiger partial charge in [0.25, 0.3) is 6.47 Å². The van der Waals surface area contributed by atoms with Crippen molar-refractivity contribution in [3.63, 3.8) is 0 Å². The molecule has 7 heteroatoms. The van der Waals surface area contributed by atoms with Gasteiger partial charge in [0.1, 0.15) is 5.75 Å². The second-order valence-electron chi connectivity index (χ2n) is 5.55. The molecule has 0 fully saturated rings. The van der Waals surface area contributed by atoms with Gasteiger partial charge in [-0.2, -0.15) is 0 Å². The van der Waals surface area contributed by atoms with Crippen LogP contribution in [0.15, 0.2) is 30.3 Å². The minimum atomic E-state index is -2.84. The third-order valence-electron chi connectivity index (χ3n) is 2.79. The monoisotopic (exact) mass is 418 g/mol. The van der Waals surface area contributed by atoms with Crippen molar-refractivity contribution in [1.29, 1.82) is 0 Å². The first-order valence-corrected chi connectivity index (χ1v) is 12.1. The first-order valence-electron chi connectivity index (χ1n) is 10.3. The molecule has 1 atom stereocenters. The minimum absolute atomic E-state index is 0.113. The highest BCUT2D eigenvalue weighted by molar-refractivity contribution is 7.57. The number of carbonyl (C=O) groups is 1. The van der Waals surface area contributed by atoms with Crippen molar-refractivity contribution in [2.45, 2.75) is 73.8 Å². The lowest BCUT2D eigenvalue weighted by atomic mass is 10.3. The molecule has 0 amide bonds. The molecular formula is C21H43N2O4P. The molecule has 0 aliphatic rings. The molecule has 3 N–H and O–H groups in total. The topological polar surface area (TPSA) is 90.7 Å². The standard InChI is InChI=1S/C12H21N2O2P.C5H10O2.2C2H6/c1-11(2)14-17(15,10-6-9-13)16-12-7-4-3-5-8-12;1-2-3-4-7-5-6;2*1-2/h3-5,7-8,11H,6,9-10,13H2,1-2H3,(H,14,15);5H,2-4H2,1H3;2*1-2H3. The number of para-hydroxylation sites is 1. The zero-order valence-corrected chi connectivity index (χ0v) is 19.8. The Morgan fingerprint density at radius 1 is 1.11 bits per heavy atom. The fourth-order valence-corrected chi connectivity index (χ4v) is 3.88. The average molecular weight is 419 g/mol. The van der Waals surface area contributed by atoms with Gasteiger partial charge in [-0.1, -0.05) is 59.2 Å². The lowest BCUT2D eigenvalue weighted by Crippen LogP contribution is -2.24. The van der Waals surface area contributed by atoms with E-state index in [1.54, 1.807) is 12.1 Å². The molecule has 0 saturated heterocycles. The molecule has 0 heterocycles. The van der Waals surface area contributed by atoms with Crippen LogP contribution in [0.4, 0.5) is 0 Å². The van der Waals surface area contributed by atoms with Crippen molar-refractivity contribution < 1.29 is 18.6 Å². The lowest BCUT2D eigenvalue weighted by Gasteiger charge is -2.22. The molecule has 28 heavy (non-hydrogen) atoms. The molecule has 0 aromatic heterocycles. The first kappa shape index (κ1) is 31.3. The van der Waals surface area contributed by atoms with Crippen molar-refractivity contribution in [2.75, 3.05) is 19.3 Å². The molecule has 0 saturated carbocycles. The van der Waals surface area contributed by atoms with Crippen molar-refractivity contribution in [3.05, 3.63) is 30.3 Å². The first-order chi connectivity index (χ1) is 13.5. The van der Waals surface area contributed by atoms with E-state index in [4.69, 9.17) is 10.3 Å². The van der Waals surface area contributed by atoms with Crippen LogP contribution in [0.3, 0.4) is 0 Å². The van der Waals surface area contributed by atoms with Gasteiger partial charge in [0, 0.05) is 6.04 Å². The van der Waals surface area contributed by atoms with Crippen LogP contribution in [0.5, 0.6) is 5.75 Å². The molecule has 0 bridgehead atoms. The molecule has 0 aliphatic heterocycles. The molecule has 1 unspecified atom stereocenters. The SMILES string of the molecule is CC.CC.CC(C)NP(=O)(CCCN)Oc1ccccc1.CCCCOC=O. The van der Waals surface area contributed by atoms with E-state index in [0.29, 0.717) is 38.0 Å². The van der Waals surface area contributed by atoms with Gasteiger partial charge in [-0.3, -0.25) is 9.36 Å². The van der Waals surface area contributed by atoms with E-state index >= 15 is 0 Å². The number of hydrogen-bond acceptors (Lipinski definition) is 5. The molecule has 1 aromatic carbocycles. The van der Waals surface area contributed by atoms with Gasteiger partial charge in [-0.05, 0) is 45.4 Å². The fraction of sp³-hybridized carbons (Fsp3) is 0.667. The van der Waals surface area contributed by atoms with E-state index in [1.807, 2.05) is 66.7 Å². The number of nitrogens with two attached hydrogens (primary N) is 1. The minimum Gasteiger partial charge on any atom is -0.468 e. The summed E-state index contributed by atoms with van der Waals surface area (Å²) in [5, 5.41) is 3.02. The van der Waals surface area contributed by atoms with E-state index in [9.17, 15) is 9.36 Å². The number of benzene rings is 1. The Morgan fingerprint density at radius 2 is 1.68 bits per heavy atom. The Kier molecular flexibility index (Phi) is 26.5. The largest absolute Gasteiger partial charge is 0.468 e. The molecule has 6 nitrogen and oxygen atoms in total. The number of rotatable bonds is 11. The fourth-order valence-electron chi connectivity index (χ4n) is 1.76. The maximum atomic E-state index is 12.6. The Balaban J connectivity index is -0.000000477. The van der Waals surface area contributed by atoms with Crippen LogP contribution in [0.1, 0.15) is 67.7 Å². The van der Waals surface area contributed by atoms with Gasteiger partial charge in [0.2, 0.25) is 0 Å². The molecule has 0 aliphatic carbocycles. The number of nitrogens with one attached hydrogen (secondary N) is 1. The molecule has 1 aromatic rings. The van der Waals surface area contributed by atoms with Crippen LogP contribution < -0.4 is 15.3 Å². The van der Waals surface area contributed by atoms with E-state index in [2.05, 4.69) is 9.82 Å². The summed E-state index contributed by atoms with van der Waals surface area (Å²) in [6, 6.07) is 9.33. The highest BCUT2D eigenvalue weighted by Crippen LogP contribution is 2.43. The van der Waals surface area contributed by atoms with Crippen LogP contribution in [-0.2, 0) is 14.1 Å². The quantitative estimate of drug-likeness (QED) is 0.275. The average Bonchev–Trinajstić information content (AvgIpc) is 2.70. The van der Waals surface area contributed by atoms with Crippen molar-refractivity contribution in [3.8, 4) is 5.75 Å². The van der Waals surface area contributed by atoms with Crippen LogP contribution in [0.2, 0.25) is 0 Å². The van der Waals surface area contributed by atoms with Gasteiger partial charge < -0.3 is 15.0 Å². The Labute approximate surface area is 173 Å². The highest BCUT2D eigenvalue weighted by atomic mass is 31.2. The van der Waals surface area contributed by atoms with Crippen molar-refractivity contribution >= 4 is 14.0 Å². The van der Waals surface area contributed by atoms with Gasteiger partial charge in [-0.25, -0.2) is 5.09 Å². The molecule has 166 valence electrons. The summed E-state index contributed by atoms with van der Waals surface area (Å²) in [6.07, 6.45) is 3.19. The predicted octanol–water partition coefficient (Wildman–Crippen LogP) is 5.62. The summed E-state index contributed by atoms with van der Waals surface area (Å²) < 4.78 is 22.6. The van der Waals surface area contributed by atoms with Crippen molar-refractivity contribution in [2.24, 2.45) is 5.73 Å². The number of ether oxygens (including phenoxy) is 1. The van der Waals surface area contributed by atoms with E-state index in [-0.39, 0.29) is 6.04 Å². The predicted molar refractivity (Wildman–Crippen MR) is 121 cm³/mol. The zero-order chi connectivity index (χ0) is 22.3. The molecular weight excluding hydrogens is 375 g/mol. The van der Waals surface area contributed by atoms with Crippen LogP contribution >= 0.6 is 7.52 Å². The van der Waals surface area contributed by atoms with E-state index < -0.39 is 7.52 Å². The summed E-state index contributed by atoms with van der Waals surface area (Å²) in [6.45, 7) is 15.5. The van der Waals surface area contributed by atoms with Crippen LogP contribution in [-0.4, -0.2) is 31.8 Å². The summed E-state index contributed by atoms with van der Waals surface area (Å²) in [5.74, 6) is 0.626. The number of hydrogen-bond donors (Lipinski definition) is 2. The number of carbonyl (C=O) groups excluding carboxylic acids is 1. The maximum Gasteiger partial charge on any atom is 0.316 e. The van der Waals surface area contributed by atoms with Crippen molar-refractivity contribution in [1.82, 2.24) is 5.09 Å². The molecule has 1 rings (SSSR count). The second-order valence-corrected chi connectivity index (χ2v) is 7.78. The van der Waals surface area contributed by atoms with Gasteiger partial charge in [-0.15, -0.1) is 0 Å². The molecule has 0 radical (unpaired) electrons. The molecule has 0 spiro atoms. The summed E-state index contributed by atoms with van der Waals surface area (Å²) in [4.78, 5) is 9.46. The van der Waals surface area contributed by atoms with E-state index in [0.717, 1.165) is 12.8 Å². The summed E-state index contributed by atoms with van der Waals surface area (Å²) in [7, 11) is -2.84. The van der Waals surface area contributed by atoms with Gasteiger partial charge >= 0.3 is 7.52 Å². The lowest BCUT2D eigenvalue weighted by molar-refractivity contribution is -0.128.